The van der Waals surface area contributed by atoms with Crippen LogP contribution < -0.4 is 4.74 Å². The predicted octanol–water partition coefficient (Wildman–Crippen LogP) is 0.707. The minimum atomic E-state index is -3.50. The molecule has 8 heteroatoms. The molecule has 128 valence electrons. The largest absolute Gasteiger partial charge is 0.497 e. The molecule has 2 rings (SSSR count). The van der Waals surface area contributed by atoms with Crippen LogP contribution >= 0.6 is 0 Å². The first-order valence-corrected chi connectivity index (χ1v) is 8.76. The molecule has 0 radical (unpaired) electrons. The third kappa shape index (κ3) is 3.65. The van der Waals surface area contributed by atoms with Gasteiger partial charge in [-0.15, -0.1) is 0 Å². The molecular weight excluding hydrogens is 318 g/mol. The van der Waals surface area contributed by atoms with Gasteiger partial charge >= 0.3 is 0 Å². The van der Waals surface area contributed by atoms with E-state index in [4.69, 9.17) is 4.74 Å². The number of carbonyl (C=O) groups excluding carboxylic acids is 1. The van der Waals surface area contributed by atoms with E-state index in [1.807, 2.05) is 24.3 Å². The zero-order valence-electron chi connectivity index (χ0n) is 13.9. The van der Waals surface area contributed by atoms with Crippen LogP contribution in [0.5, 0.6) is 5.75 Å². The molecule has 0 aliphatic carbocycles. The third-order valence-electron chi connectivity index (χ3n) is 4.04. The Kier molecular flexibility index (Phi) is 5.28. The van der Waals surface area contributed by atoms with E-state index >= 15 is 0 Å². The molecule has 1 aliphatic rings. The molecule has 1 aliphatic heterocycles. The maximum absolute atomic E-state index is 12.4. The lowest BCUT2D eigenvalue weighted by atomic mass is 10.0. The normalized spacial score (nSPS) is 19.9. The zero-order valence-corrected chi connectivity index (χ0v) is 14.7. The van der Waals surface area contributed by atoms with Gasteiger partial charge in [-0.3, -0.25) is 4.79 Å². The fourth-order valence-corrected chi connectivity index (χ4v) is 3.79. The zero-order chi connectivity index (χ0) is 17.2. The van der Waals surface area contributed by atoms with Crippen molar-refractivity contribution in [2.45, 2.75) is 13.0 Å². The SMILES string of the molecule is COc1ccc([C@@H]2CN(S(=O)(=O)N(C)C)CCN2C(C)=O)cc1. The van der Waals surface area contributed by atoms with Crippen molar-refractivity contribution in [2.75, 3.05) is 40.8 Å². The van der Waals surface area contributed by atoms with Crippen LogP contribution in [0.15, 0.2) is 24.3 Å². The third-order valence-corrected chi connectivity index (χ3v) is 5.94. The molecule has 0 unspecified atom stereocenters. The van der Waals surface area contributed by atoms with Crippen molar-refractivity contribution in [3.63, 3.8) is 0 Å². The highest BCUT2D eigenvalue weighted by Crippen LogP contribution is 2.28. The molecule has 1 heterocycles. The highest BCUT2D eigenvalue weighted by Gasteiger charge is 2.36. The predicted molar refractivity (Wildman–Crippen MR) is 87.3 cm³/mol. The quantitative estimate of drug-likeness (QED) is 0.809. The second kappa shape index (κ2) is 6.86. The molecule has 0 N–H and O–H groups in total. The molecule has 1 aromatic rings. The van der Waals surface area contributed by atoms with Gasteiger partial charge in [0, 0.05) is 40.7 Å². The molecule has 1 fully saturated rings. The van der Waals surface area contributed by atoms with E-state index in [1.165, 1.54) is 29.6 Å². The summed E-state index contributed by atoms with van der Waals surface area (Å²) in [6, 6.07) is 7.05. The monoisotopic (exact) mass is 341 g/mol. The molecule has 23 heavy (non-hydrogen) atoms. The Morgan fingerprint density at radius 2 is 1.83 bits per heavy atom. The second-order valence-corrected chi connectivity index (χ2v) is 7.79. The smallest absolute Gasteiger partial charge is 0.281 e. The molecule has 1 amide bonds. The van der Waals surface area contributed by atoms with Crippen LogP contribution in [0, 0.1) is 0 Å². The summed E-state index contributed by atoms with van der Waals surface area (Å²) < 4.78 is 32.5. The average Bonchev–Trinajstić information content (AvgIpc) is 2.54. The molecule has 0 saturated carbocycles. The first-order valence-electron chi connectivity index (χ1n) is 7.36. The second-order valence-electron chi connectivity index (χ2n) is 5.65. The number of benzene rings is 1. The van der Waals surface area contributed by atoms with Gasteiger partial charge in [0.15, 0.2) is 0 Å². The summed E-state index contributed by atoms with van der Waals surface area (Å²) in [7, 11) is 1.11. The topological polar surface area (TPSA) is 70.2 Å². The Morgan fingerprint density at radius 3 is 2.30 bits per heavy atom. The van der Waals surface area contributed by atoms with Crippen molar-refractivity contribution >= 4 is 16.1 Å². The van der Waals surface area contributed by atoms with Crippen molar-refractivity contribution in [1.82, 2.24) is 13.5 Å². The molecule has 0 spiro atoms. The van der Waals surface area contributed by atoms with Gasteiger partial charge in [0.05, 0.1) is 13.2 Å². The standard InChI is InChI=1S/C15H23N3O4S/c1-12(19)18-10-9-17(23(20,21)16(2)3)11-15(18)13-5-7-14(22-4)8-6-13/h5-8,15H,9-11H2,1-4H3/t15-/m0/s1. The number of hydrogen-bond acceptors (Lipinski definition) is 4. The summed E-state index contributed by atoms with van der Waals surface area (Å²) in [6.07, 6.45) is 0. The molecule has 1 atom stereocenters. The van der Waals surface area contributed by atoms with Crippen LogP contribution in [0.1, 0.15) is 18.5 Å². The molecule has 0 bridgehead atoms. The lowest BCUT2D eigenvalue weighted by molar-refractivity contribution is -0.133. The average molecular weight is 341 g/mol. The van der Waals surface area contributed by atoms with Gasteiger partial charge in [0.1, 0.15) is 5.75 Å². The highest BCUT2D eigenvalue weighted by molar-refractivity contribution is 7.86. The van der Waals surface area contributed by atoms with E-state index in [2.05, 4.69) is 0 Å². The Hall–Kier alpha value is -1.64. The summed E-state index contributed by atoms with van der Waals surface area (Å²) in [5, 5.41) is 0. The lowest BCUT2D eigenvalue weighted by Crippen LogP contribution is -2.54. The fourth-order valence-electron chi connectivity index (χ4n) is 2.69. The van der Waals surface area contributed by atoms with Crippen molar-refractivity contribution < 1.29 is 17.9 Å². The van der Waals surface area contributed by atoms with E-state index in [9.17, 15) is 13.2 Å². The summed E-state index contributed by atoms with van der Waals surface area (Å²) in [6.45, 7) is 2.42. The number of amides is 1. The van der Waals surface area contributed by atoms with Crippen LogP contribution in [0.3, 0.4) is 0 Å². The Balaban J connectivity index is 2.32. The summed E-state index contributed by atoms with van der Waals surface area (Å²) in [4.78, 5) is 13.6. The maximum atomic E-state index is 12.4. The van der Waals surface area contributed by atoms with E-state index in [1.54, 1.807) is 12.0 Å². The van der Waals surface area contributed by atoms with E-state index in [0.29, 0.717) is 13.1 Å². The maximum Gasteiger partial charge on any atom is 0.281 e. The number of nitrogens with zero attached hydrogens (tertiary/aromatic N) is 3. The van der Waals surface area contributed by atoms with Crippen LogP contribution in [-0.2, 0) is 15.0 Å². The summed E-state index contributed by atoms with van der Waals surface area (Å²) in [5.74, 6) is 0.657. The summed E-state index contributed by atoms with van der Waals surface area (Å²) >= 11 is 0. The van der Waals surface area contributed by atoms with Crippen LogP contribution in [0.25, 0.3) is 0 Å². The van der Waals surface area contributed by atoms with Gasteiger partial charge in [-0.05, 0) is 17.7 Å². The van der Waals surface area contributed by atoms with Crippen molar-refractivity contribution in [3.05, 3.63) is 29.8 Å². The number of carbonyl (C=O) groups is 1. The number of ether oxygens (including phenoxy) is 1. The van der Waals surface area contributed by atoms with E-state index in [-0.39, 0.29) is 18.5 Å². The minimum Gasteiger partial charge on any atom is -0.497 e. The van der Waals surface area contributed by atoms with Gasteiger partial charge in [0.2, 0.25) is 5.91 Å². The number of methoxy groups -OCH3 is 1. The number of hydrogen-bond donors (Lipinski definition) is 0. The molecule has 0 aromatic heterocycles. The van der Waals surface area contributed by atoms with Crippen molar-refractivity contribution in [3.8, 4) is 5.75 Å². The summed E-state index contributed by atoms with van der Waals surface area (Å²) in [5.41, 5.74) is 0.889. The van der Waals surface area contributed by atoms with Gasteiger partial charge in [-0.2, -0.15) is 17.0 Å². The first-order chi connectivity index (χ1) is 10.8. The van der Waals surface area contributed by atoms with Gasteiger partial charge in [0.25, 0.3) is 10.2 Å². The highest BCUT2D eigenvalue weighted by atomic mass is 32.2. The molecule has 7 nitrogen and oxygen atoms in total. The Bertz CT molecular complexity index is 658. The van der Waals surface area contributed by atoms with Crippen molar-refractivity contribution in [1.29, 1.82) is 0 Å². The molecular formula is C15H23N3O4S. The van der Waals surface area contributed by atoms with Crippen LogP contribution in [-0.4, -0.2) is 68.7 Å². The van der Waals surface area contributed by atoms with Gasteiger partial charge in [-0.1, -0.05) is 12.1 Å². The van der Waals surface area contributed by atoms with Crippen LogP contribution in [0.2, 0.25) is 0 Å². The molecule has 1 aromatic carbocycles. The van der Waals surface area contributed by atoms with E-state index < -0.39 is 10.2 Å². The fraction of sp³-hybridized carbons (Fsp3) is 0.533. The van der Waals surface area contributed by atoms with Gasteiger partial charge < -0.3 is 9.64 Å². The Morgan fingerprint density at radius 1 is 1.22 bits per heavy atom. The van der Waals surface area contributed by atoms with Crippen molar-refractivity contribution in [2.24, 2.45) is 0 Å². The number of piperazine rings is 1. The minimum absolute atomic E-state index is 0.0623. The first kappa shape index (κ1) is 17.7. The lowest BCUT2D eigenvalue weighted by Gasteiger charge is -2.41. The Labute approximate surface area is 137 Å². The number of rotatable bonds is 4. The van der Waals surface area contributed by atoms with Crippen LogP contribution in [0.4, 0.5) is 0 Å². The van der Waals surface area contributed by atoms with Gasteiger partial charge in [-0.25, -0.2) is 0 Å². The van der Waals surface area contributed by atoms with E-state index in [0.717, 1.165) is 11.3 Å². The molecule has 1 saturated heterocycles.